The summed E-state index contributed by atoms with van der Waals surface area (Å²) in [5.74, 6) is 1.24. The molecule has 0 aliphatic heterocycles. The normalized spacial score (nSPS) is 24.1. The zero-order chi connectivity index (χ0) is 14.8. The van der Waals surface area contributed by atoms with E-state index in [1.807, 2.05) is 24.3 Å². The fourth-order valence-corrected chi connectivity index (χ4v) is 3.65. The Bertz CT molecular complexity index is 622. The number of benzene rings is 2. The molecule has 0 heterocycles. The van der Waals surface area contributed by atoms with Crippen LogP contribution in [0.15, 0.2) is 36.4 Å². The Hall–Kier alpha value is -1.54. The number of phenols is 1. The summed E-state index contributed by atoms with van der Waals surface area (Å²) in [6.07, 6.45) is 5.17. The van der Waals surface area contributed by atoms with Crippen LogP contribution in [0.2, 0.25) is 0 Å². The number of fused-ring (bicyclic) bond motifs is 1. The maximum absolute atomic E-state index is 10.6. The number of hydrogen-bond donors (Lipinski definition) is 2. The molecule has 2 aromatic rings. The van der Waals surface area contributed by atoms with Crippen LogP contribution < -0.4 is 5.32 Å². The monoisotopic (exact) mass is 283 g/mol. The van der Waals surface area contributed by atoms with Crippen LogP contribution in [0.3, 0.4) is 0 Å². The molecule has 0 radical (unpaired) electrons. The van der Waals surface area contributed by atoms with E-state index in [1.54, 1.807) is 0 Å². The lowest BCUT2D eigenvalue weighted by Gasteiger charge is -2.30. The van der Waals surface area contributed by atoms with Crippen LogP contribution in [0.4, 0.5) is 0 Å². The van der Waals surface area contributed by atoms with Gasteiger partial charge in [-0.25, -0.2) is 0 Å². The molecule has 0 saturated heterocycles. The van der Waals surface area contributed by atoms with Gasteiger partial charge in [0.05, 0.1) is 0 Å². The minimum Gasteiger partial charge on any atom is -0.507 e. The summed E-state index contributed by atoms with van der Waals surface area (Å²) < 4.78 is 0. The predicted molar refractivity (Wildman–Crippen MR) is 88.6 cm³/mol. The molecule has 2 N–H and O–H groups in total. The third-order valence-corrected chi connectivity index (χ3v) is 4.82. The molecule has 0 amide bonds. The Morgan fingerprint density at radius 2 is 1.95 bits per heavy atom. The fraction of sp³-hybridized carbons (Fsp3) is 0.474. The van der Waals surface area contributed by atoms with Crippen molar-refractivity contribution in [3.63, 3.8) is 0 Å². The molecule has 2 nitrogen and oxygen atoms in total. The van der Waals surface area contributed by atoms with Gasteiger partial charge in [-0.2, -0.15) is 0 Å². The second-order valence-electron chi connectivity index (χ2n) is 6.58. The van der Waals surface area contributed by atoms with Gasteiger partial charge in [0.2, 0.25) is 0 Å². The van der Waals surface area contributed by atoms with Gasteiger partial charge in [-0.1, -0.05) is 56.2 Å². The van der Waals surface area contributed by atoms with Crippen molar-refractivity contribution >= 4 is 10.8 Å². The smallest absolute Gasteiger partial charge is 0.128 e. The van der Waals surface area contributed by atoms with E-state index < -0.39 is 0 Å². The van der Waals surface area contributed by atoms with Crippen molar-refractivity contribution in [1.82, 2.24) is 5.32 Å². The molecule has 1 saturated carbocycles. The van der Waals surface area contributed by atoms with E-state index >= 15 is 0 Å². The first kappa shape index (κ1) is 14.4. The highest BCUT2D eigenvalue weighted by atomic mass is 16.3. The van der Waals surface area contributed by atoms with E-state index in [1.165, 1.54) is 25.7 Å². The first-order valence-electron chi connectivity index (χ1n) is 8.12. The molecule has 112 valence electrons. The van der Waals surface area contributed by atoms with Gasteiger partial charge >= 0.3 is 0 Å². The van der Waals surface area contributed by atoms with Crippen molar-refractivity contribution in [3.05, 3.63) is 42.0 Å². The lowest BCUT2D eigenvalue weighted by Crippen LogP contribution is -2.35. The van der Waals surface area contributed by atoms with Crippen LogP contribution >= 0.6 is 0 Å². The van der Waals surface area contributed by atoms with E-state index in [9.17, 15) is 5.11 Å². The average Bonchev–Trinajstić information content (AvgIpc) is 2.48. The fourth-order valence-electron chi connectivity index (χ4n) is 3.65. The Balaban J connectivity index is 1.81. The van der Waals surface area contributed by atoms with Crippen molar-refractivity contribution in [2.24, 2.45) is 5.92 Å². The van der Waals surface area contributed by atoms with E-state index in [0.717, 1.165) is 22.3 Å². The molecule has 3 atom stereocenters. The molecule has 0 aromatic heterocycles. The zero-order valence-corrected chi connectivity index (χ0v) is 13.0. The van der Waals surface area contributed by atoms with Crippen LogP contribution in [0.5, 0.6) is 5.75 Å². The van der Waals surface area contributed by atoms with Gasteiger partial charge in [-0.05, 0) is 31.1 Å². The molecule has 0 spiro atoms. The number of nitrogens with one attached hydrogen (secondary N) is 1. The van der Waals surface area contributed by atoms with Crippen molar-refractivity contribution < 1.29 is 5.11 Å². The minimum absolute atomic E-state index is 0.185. The van der Waals surface area contributed by atoms with Crippen LogP contribution in [-0.2, 0) is 0 Å². The first-order chi connectivity index (χ1) is 10.1. The number of aromatic hydroxyl groups is 1. The summed E-state index contributed by atoms with van der Waals surface area (Å²) in [7, 11) is 0. The summed E-state index contributed by atoms with van der Waals surface area (Å²) in [4.78, 5) is 0. The van der Waals surface area contributed by atoms with Gasteiger partial charge in [-0.3, -0.25) is 0 Å². The molecule has 2 heteroatoms. The van der Waals surface area contributed by atoms with Gasteiger partial charge in [0.25, 0.3) is 0 Å². The van der Waals surface area contributed by atoms with E-state index in [-0.39, 0.29) is 6.04 Å². The SMILES string of the molecule is CC1CCCC(NC(C)c2ccc3ccccc3c2O)C1. The standard InChI is InChI=1S/C19H25NO/c1-13-6-5-8-16(12-13)20-14(2)17-11-10-15-7-3-4-9-18(15)19(17)21/h3-4,7,9-11,13-14,16,20-21H,5-6,8,12H2,1-2H3. The van der Waals surface area contributed by atoms with Gasteiger partial charge in [0.15, 0.2) is 0 Å². The molecule has 2 aromatic carbocycles. The topological polar surface area (TPSA) is 32.3 Å². The highest BCUT2D eigenvalue weighted by Gasteiger charge is 2.22. The Kier molecular flexibility index (Phi) is 4.16. The van der Waals surface area contributed by atoms with Crippen LogP contribution in [0, 0.1) is 5.92 Å². The molecule has 1 fully saturated rings. The Morgan fingerprint density at radius 1 is 1.14 bits per heavy atom. The van der Waals surface area contributed by atoms with Crippen LogP contribution in [0.25, 0.3) is 10.8 Å². The maximum Gasteiger partial charge on any atom is 0.128 e. The highest BCUT2D eigenvalue weighted by molar-refractivity contribution is 5.89. The van der Waals surface area contributed by atoms with Crippen molar-refractivity contribution in [3.8, 4) is 5.75 Å². The molecule has 1 aliphatic rings. The second-order valence-corrected chi connectivity index (χ2v) is 6.58. The Morgan fingerprint density at radius 3 is 2.76 bits per heavy atom. The third kappa shape index (κ3) is 3.06. The first-order valence-corrected chi connectivity index (χ1v) is 8.12. The third-order valence-electron chi connectivity index (χ3n) is 4.82. The number of rotatable bonds is 3. The largest absolute Gasteiger partial charge is 0.507 e. The van der Waals surface area contributed by atoms with Crippen molar-refractivity contribution in [1.29, 1.82) is 0 Å². The van der Waals surface area contributed by atoms with Crippen molar-refractivity contribution in [2.75, 3.05) is 0 Å². The summed E-state index contributed by atoms with van der Waals surface area (Å²) in [6, 6.07) is 12.9. The van der Waals surface area contributed by atoms with E-state index in [0.29, 0.717) is 11.8 Å². The molecule has 0 bridgehead atoms. The summed E-state index contributed by atoms with van der Waals surface area (Å²) in [6.45, 7) is 4.50. The van der Waals surface area contributed by atoms with Crippen LogP contribution in [0.1, 0.15) is 51.1 Å². The highest BCUT2D eigenvalue weighted by Crippen LogP contribution is 2.33. The molecular formula is C19H25NO. The lowest BCUT2D eigenvalue weighted by molar-refractivity contribution is 0.284. The number of phenolic OH excluding ortho intramolecular Hbond substituents is 1. The van der Waals surface area contributed by atoms with E-state index in [4.69, 9.17) is 0 Å². The van der Waals surface area contributed by atoms with Gasteiger partial charge in [0.1, 0.15) is 5.75 Å². The van der Waals surface area contributed by atoms with Gasteiger partial charge < -0.3 is 10.4 Å². The quantitative estimate of drug-likeness (QED) is 0.850. The minimum atomic E-state index is 0.185. The van der Waals surface area contributed by atoms with E-state index in [2.05, 4.69) is 31.3 Å². The summed E-state index contributed by atoms with van der Waals surface area (Å²) in [5.41, 5.74) is 1.01. The Labute approximate surface area is 127 Å². The van der Waals surface area contributed by atoms with Crippen molar-refractivity contribution in [2.45, 2.75) is 51.6 Å². The average molecular weight is 283 g/mol. The summed E-state index contributed by atoms with van der Waals surface area (Å²) in [5, 5.41) is 16.3. The van der Waals surface area contributed by atoms with Gasteiger partial charge in [-0.15, -0.1) is 0 Å². The lowest BCUT2D eigenvalue weighted by atomic mass is 9.86. The maximum atomic E-state index is 10.6. The second kappa shape index (κ2) is 6.07. The predicted octanol–water partition coefficient (Wildman–Crippen LogP) is 4.77. The number of hydrogen-bond acceptors (Lipinski definition) is 2. The van der Waals surface area contributed by atoms with Crippen LogP contribution in [-0.4, -0.2) is 11.1 Å². The molecule has 3 rings (SSSR count). The molecule has 21 heavy (non-hydrogen) atoms. The molecule has 3 unspecified atom stereocenters. The molecular weight excluding hydrogens is 258 g/mol. The summed E-state index contributed by atoms with van der Waals surface area (Å²) >= 11 is 0. The molecule has 1 aliphatic carbocycles. The van der Waals surface area contributed by atoms with Gasteiger partial charge in [0, 0.05) is 23.0 Å². The zero-order valence-electron chi connectivity index (χ0n) is 13.0.